The highest BCUT2D eigenvalue weighted by Gasteiger charge is 2.45. The summed E-state index contributed by atoms with van der Waals surface area (Å²) in [7, 11) is 0. The van der Waals surface area contributed by atoms with Gasteiger partial charge < -0.3 is 21.3 Å². The maximum atomic E-state index is 13.9. The van der Waals surface area contributed by atoms with Crippen molar-refractivity contribution in [2.24, 2.45) is 28.0 Å². The topological polar surface area (TPSA) is 109 Å². The van der Waals surface area contributed by atoms with Crippen molar-refractivity contribution < 1.29 is 18.0 Å². The second-order valence-electron chi connectivity index (χ2n) is 15.4. The number of nitrogens with two attached hydrogens (primary N) is 1. The smallest absolute Gasteiger partial charge is 0.388 e. The van der Waals surface area contributed by atoms with E-state index in [1.54, 1.807) is 0 Å². The third kappa shape index (κ3) is 19.7. The first-order chi connectivity index (χ1) is 25.8. The van der Waals surface area contributed by atoms with Gasteiger partial charge in [0.05, 0.1) is 0 Å². The highest BCUT2D eigenvalue weighted by molar-refractivity contribution is 5.98. The lowest BCUT2D eigenvalue weighted by Crippen LogP contribution is -2.39. The summed E-state index contributed by atoms with van der Waals surface area (Å²) in [5, 5.41) is 6.41. The van der Waals surface area contributed by atoms with E-state index in [9.17, 15) is 18.0 Å². The fourth-order valence-electron chi connectivity index (χ4n) is 6.52. The number of hydrogen-bond donors (Lipinski definition) is 3. The first-order valence-corrected chi connectivity index (χ1v) is 21.6. The molecule has 1 heterocycles. The van der Waals surface area contributed by atoms with Crippen molar-refractivity contribution in [2.45, 2.75) is 190 Å². The van der Waals surface area contributed by atoms with E-state index >= 15 is 0 Å². The maximum absolute atomic E-state index is 13.9. The Labute approximate surface area is 327 Å². The molecule has 0 radical (unpaired) electrons. The fourth-order valence-corrected chi connectivity index (χ4v) is 6.52. The normalized spacial score (nSPS) is 16.3. The minimum atomic E-state index is -4.63. The van der Waals surface area contributed by atoms with Crippen molar-refractivity contribution in [1.82, 2.24) is 20.2 Å². The zero-order chi connectivity index (χ0) is 40.6. The van der Waals surface area contributed by atoms with Crippen molar-refractivity contribution in [2.75, 3.05) is 25.0 Å². The van der Waals surface area contributed by atoms with Crippen molar-refractivity contribution in [3.8, 4) is 0 Å². The van der Waals surface area contributed by atoms with Gasteiger partial charge in [-0.05, 0) is 56.8 Å². The molecule has 2 aliphatic carbocycles. The minimum Gasteiger partial charge on any atom is -0.388 e. The molecule has 1 aromatic rings. The SMILES string of the molecule is CC.CCCCC(C)CCC.CCCCC(CCC)N/C=C(CC)\C(N)=N\c1ncc(C(F)(F)F)c(NCC2(CN(CCC)C(=O)CCC3CC3)CC2)n1. The Kier molecular flexibility index (Phi) is 24.5. The highest BCUT2D eigenvalue weighted by atomic mass is 19.4. The quantitative estimate of drug-likeness (QED) is 0.0675. The summed E-state index contributed by atoms with van der Waals surface area (Å²) in [6.07, 6.45) is 17.4. The Morgan fingerprint density at radius 3 is 2.19 bits per heavy atom. The Morgan fingerprint density at radius 2 is 1.65 bits per heavy atom. The molecule has 1 amide bonds. The number of hydrogen-bond acceptors (Lipinski definition) is 6. The monoisotopic (exact) mass is 766 g/mol. The molecule has 3 rings (SSSR count). The predicted molar refractivity (Wildman–Crippen MR) is 222 cm³/mol. The summed E-state index contributed by atoms with van der Waals surface area (Å²) < 4.78 is 41.7. The van der Waals surface area contributed by atoms with Gasteiger partial charge >= 0.3 is 6.18 Å². The van der Waals surface area contributed by atoms with Gasteiger partial charge in [-0.15, -0.1) is 0 Å². The molecule has 0 bridgehead atoms. The number of halogens is 3. The fraction of sp³-hybridized carbons (Fsp3) is 0.814. The van der Waals surface area contributed by atoms with Crippen molar-refractivity contribution in [3.63, 3.8) is 0 Å². The number of aromatic nitrogens is 2. The predicted octanol–water partition coefficient (Wildman–Crippen LogP) is 12.0. The number of nitrogens with zero attached hydrogens (tertiary/aromatic N) is 4. The average Bonchev–Trinajstić information content (AvgIpc) is 4.09. The maximum Gasteiger partial charge on any atom is 0.421 e. The van der Waals surface area contributed by atoms with Crippen molar-refractivity contribution in [3.05, 3.63) is 23.5 Å². The number of unbranched alkanes of at least 4 members (excludes halogenated alkanes) is 2. The van der Waals surface area contributed by atoms with E-state index in [4.69, 9.17) is 5.73 Å². The molecular formula is C43H78F3N7O. The van der Waals surface area contributed by atoms with E-state index in [0.717, 1.165) is 75.5 Å². The summed E-state index contributed by atoms with van der Waals surface area (Å²) >= 11 is 0. The summed E-state index contributed by atoms with van der Waals surface area (Å²) in [5.74, 6) is 1.52. The molecule has 8 nitrogen and oxygen atoms in total. The number of alkyl halides is 3. The van der Waals surface area contributed by atoms with E-state index in [0.29, 0.717) is 37.9 Å². The number of anilines is 1. The zero-order valence-electron chi connectivity index (χ0n) is 35.6. The van der Waals surface area contributed by atoms with Crippen molar-refractivity contribution in [1.29, 1.82) is 0 Å². The Hall–Kier alpha value is -2.85. The largest absolute Gasteiger partial charge is 0.421 e. The van der Waals surface area contributed by atoms with E-state index in [1.807, 2.05) is 38.8 Å². The zero-order valence-corrected chi connectivity index (χ0v) is 35.6. The van der Waals surface area contributed by atoms with Crippen LogP contribution in [0.15, 0.2) is 23.0 Å². The lowest BCUT2D eigenvalue weighted by Gasteiger charge is -2.28. The van der Waals surface area contributed by atoms with Gasteiger partial charge in [-0.2, -0.15) is 23.1 Å². The van der Waals surface area contributed by atoms with Crippen LogP contribution in [0.3, 0.4) is 0 Å². The van der Waals surface area contributed by atoms with Crippen LogP contribution in [0, 0.1) is 17.3 Å². The molecule has 2 unspecified atom stereocenters. The molecule has 0 aliphatic heterocycles. The molecule has 2 atom stereocenters. The van der Waals surface area contributed by atoms with Crippen LogP contribution in [0.25, 0.3) is 0 Å². The van der Waals surface area contributed by atoms with Gasteiger partial charge in [0.15, 0.2) is 0 Å². The first kappa shape index (κ1) is 49.2. The second-order valence-corrected chi connectivity index (χ2v) is 15.4. The van der Waals surface area contributed by atoms with Gasteiger partial charge in [0.2, 0.25) is 5.91 Å². The summed E-state index contributed by atoms with van der Waals surface area (Å²) in [4.78, 5) is 27.2. The number of carbonyl (C=O) groups excluding carboxylic acids is 1. The van der Waals surface area contributed by atoms with Crippen LogP contribution in [0.1, 0.15) is 183 Å². The van der Waals surface area contributed by atoms with E-state index in [1.165, 1.54) is 44.9 Å². The van der Waals surface area contributed by atoms with Crippen LogP contribution >= 0.6 is 0 Å². The molecule has 0 saturated heterocycles. The Morgan fingerprint density at radius 1 is 1.00 bits per heavy atom. The summed E-state index contributed by atoms with van der Waals surface area (Å²) in [6, 6.07) is 0.328. The lowest BCUT2D eigenvalue weighted by atomic mass is 10.00. The Balaban J connectivity index is 0.00000116. The average molecular weight is 766 g/mol. The highest BCUT2D eigenvalue weighted by Crippen LogP contribution is 2.47. The molecule has 4 N–H and O–H groups in total. The molecule has 54 heavy (non-hydrogen) atoms. The summed E-state index contributed by atoms with van der Waals surface area (Å²) in [5.41, 5.74) is 5.82. The van der Waals surface area contributed by atoms with E-state index in [2.05, 4.69) is 60.2 Å². The summed E-state index contributed by atoms with van der Waals surface area (Å²) in [6.45, 7) is 20.7. The van der Waals surface area contributed by atoms with E-state index in [-0.39, 0.29) is 35.5 Å². The van der Waals surface area contributed by atoms with Crippen LogP contribution in [0.5, 0.6) is 0 Å². The molecule has 312 valence electrons. The second kappa shape index (κ2) is 26.9. The molecule has 1 aromatic heterocycles. The first-order valence-electron chi connectivity index (χ1n) is 21.6. The number of nitrogens with one attached hydrogen (secondary N) is 2. The van der Waals surface area contributed by atoms with Crippen molar-refractivity contribution >= 4 is 23.5 Å². The molecule has 0 spiro atoms. The van der Waals surface area contributed by atoms with Crippen LogP contribution in [-0.2, 0) is 11.0 Å². The number of amidine groups is 1. The van der Waals surface area contributed by atoms with E-state index < -0.39 is 11.7 Å². The van der Waals surface area contributed by atoms with Gasteiger partial charge in [-0.3, -0.25) is 4.79 Å². The van der Waals surface area contributed by atoms with Gasteiger partial charge in [0.1, 0.15) is 17.2 Å². The lowest BCUT2D eigenvalue weighted by molar-refractivity contribution is -0.137. The third-order valence-electron chi connectivity index (χ3n) is 10.3. The number of rotatable bonds is 25. The number of amides is 1. The molecule has 2 saturated carbocycles. The number of aliphatic imine (C=N–C) groups is 1. The van der Waals surface area contributed by atoms with Crippen LogP contribution < -0.4 is 16.4 Å². The minimum absolute atomic E-state index is 0.129. The number of carbonyl (C=O) groups is 1. The molecule has 0 aromatic carbocycles. The van der Waals surface area contributed by atoms with Gasteiger partial charge in [0, 0.05) is 55.5 Å². The van der Waals surface area contributed by atoms with Crippen LogP contribution in [0.4, 0.5) is 24.9 Å². The standard InChI is InChI=1S/C32H52F3N7O.C9H20.C2H6/c1-5-9-11-25(10-6-2)37-19-24(8-4)28(36)40-30-38-20-26(32(33,34)35)29(41-30)39-21-31(16-17-31)22-42(18-7-3)27(43)15-14-23-12-13-23;1-4-6-8-9(3)7-5-2;1-2/h19-20,23,25,37H,5-18,21-22H2,1-4H3,(H3,36,38,39,40,41);9H,4-8H2,1-3H3;1-2H3/b24-19-;;. The van der Waals surface area contributed by atoms with Gasteiger partial charge in [-0.25, -0.2) is 4.98 Å². The molecule has 2 aliphatic rings. The van der Waals surface area contributed by atoms with Gasteiger partial charge in [0.25, 0.3) is 5.95 Å². The Bertz CT molecular complexity index is 1230. The third-order valence-corrected chi connectivity index (χ3v) is 10.3. The van der Waals surface area contributed by atoms with Crippen LogP contribution in [0.2, 0.25) is 0 Å². The van der Waals surface area contributed by atoms with Crippen LogP contribution in [-0.4, -0.2) is 52.3 Å². The molecular weight excluding hydrogens is 688 g/mol. The molecule has 11 heteroatoms. The van der Waals surface area contributed by atoms with Gasteiger partial charge in [-0.1, -0.05) is 127 Å². The molecule has 2 fully saturated rings.